The fraction of sp³-hybridized carbons (Fsp3) is 0. The van der Waals surface area contributed by atoms with Gasteiger partial charge in [0.2, 0.25) is 0 Å². The standard InChI is InChI=1S/C2N2.BrH.ClH/c3-1-2-4;;/h;2*1H. The van der Waals surface area contributed by atoms with Gasteiger partial charge in [0.25, 0.3) is 0 Å². The number of hydrogen-bond acceptors (Lipinski definition) is 2. The molecule has 0 fully saturated rings. The molecular weight excluding hydrogens is 167 g/mol. The van der Waals surface area contributed by atoms with Crippen LogP contribution >= 0.6 is 29.4 Å². The number of nitriles is 2. The summed E-state index contributed by atoms with van der Waals surface area (Å²) in [6, 6.07) is 2.47. The van der Waals surface area contributed by atoms with Crippen LogP contribution in [0.15, 0.2) is 0 Å². The highest BCUT2D eigenvalue weighted by Crippen LogP contribution is 1.27. The first kappa shape index (κ1) is 17.2. The van der Waals surface area contributed by atoms with E-state index >= 15 is 0 Å². The summed E-state index contributed by atoms with van der Waals surface area (Å²) >= 11 is 0. The van der Waals surface area contributed by atoms with Gasteiger partial charge in [-0.1, -0.05) is 0 Å². The van der Waals surface area contributed by atoms with Crippen LogP contribution in [0.3, 0.4) is 0 Å². The minimum Gasteiger partial charge on any atom is -0.181 e. The lowest BCUT2D eigenvalue weighted by molar-refractivity contribution is 1.49. The fourth-order valence-electron chi connectivity index (χ4n) is 0. The van der Waals surface area contributed by atoms with Crippen LogP contribution in [0, 0.1) is 22.7 Å². The lowest BCUT2D eigenvalue weighted by Crippen LogP contribution is -1.26. The molecule has 0 rings (SSSR count). The molecule has 0 amide bonds. The first-order valence-electron chi connectivity index (χ1n) is 0.697. The molecule has 0 unspecified atom stereocenters. The highest BCUT2D eigenvalue weighted by Gasteiger charge is 1.39. The molecule has 0 aromatic carbocycles. The minimum absolute atomic E-state index is 0. The molecular formula is C2H2BrClN2. The molecule has 0 saturated carbocycles. The predicted molar refractivity (Wildman–Crippen MR) is 28.8 cm³/mol. The SMILES string of the molecule is Br.Cl.N#CC#N. The zero-order valence-corrected chi connectivity index (χ0v) is 5.24. The van der Waals surface area contributed by atoms with Gasteiger partial charge in [0.1, 0.15) is 0 Å². The Morgan fingerprint density at radius 3 is 1.17 bits per heavy atom. The molecule has 0 bridgehead atoms. The van der Waals surface area contributed by atoms with Crippen molar-refractivity contribution >= 4 is 29.4 Å². The van der Waals surface area contributed by atoms with Crippen molar-refractivity contribution in [1.82, 2.24) is 0 Å². The fourth-order valence-corrected chi connectivity index (χ4v) is 0. The monoisotopic (exact) mass is 168 g/mol. The Morgan fingerprint density at radius 1 is 1.00 bits per heavy atom. The molecule has 4 heteroatoms. The summed E-state index contributed by atoms with van der Waals surface area (Å²) in [5, 5.41) is 14.5. The van der Waals surface area contributed by atoms with Gasteiger partial charge in [-0.2, -0.15) is 10.5 Å². The molecule has 0 atom stereocenters. The Morgan fingerprint density at radius 2 is 1.17 bits per heavy atom. The van der Waals surface area contributed by atoms with E-state index in [1.165, 1.54) is 12.1 Å². The van der Waals surface area contributed by atoms with Crippen LogP contribution in [0.1, 0.15) is 0 Å². The third kappa shape index (κ3) is 50.4. The van der Waals surface area contributed by atoms with Crippen LogP contribution in [0.5, 0.6) is 0 Å². The van der Waals surface area contributed by atoms with Crippen molar-refractivity contribution in [2.24, 2.45) is 0 Å². The van der Waals surface area contributed by atoms with Crippen molar-refractivity contribution in [1.29, 1.82) is 10.5 Å². The van der Waals surface area contributed by atoms with Crippen molar-refractivity contribution in [3.8, 4) is 12.1 Å². The maximum atomic E-state index is 7.26. The third-order valence-electron chi connectivity index (χ3n) is 0.0500. The van der Waals surface area contributed by atoms with Crippen LogP contribution in [0.25, 0.3) is 0 Å². The van der Waals surface area contributed by atoms with Crippen molar-refractivity contribution in [3.05, 3.63) is 0 Å². The molecule has 34 valence electrons. The van der Waals surface area contributed by atoms with Gasteiger partial charge in [0.15, 0.2) is 12.1 Å². The van der Waals surface area contributed by atoms with Crippen molar-refractivity contribution in [2.75, 3.05) is 0 Å². The van der Waals surface area contributed by atoms with E-state index in [-0.39, 0.29) is 29.4 Å². The Hall–Kier alpha value is -0.250. The molecule has 0 aromatic rings. The lowest BCUT2D eigenvalue weighted by atomic mass is 10.9. The summed E-state index contributed by atoms with van der Waals surface area (Å²) in [6.45, 7) is 0. The summed E-state index contributed by atoms with van der Waals surface area (Å²) in [6.07, 6.45) is 0. The Kier molecular flexibility index (Phi) is 62.4. The third-order valence-corrected chi connectivity index (χ3v) is 0.0500. The summed E-state index contributed by atoms with van der Waals surface area (Å²) in [5.41, 5.74) is 0. The van der Waals surface area contributed by atoms with Crippen LogP contribution in [0.2, 0.25) is 0 Å². The van der Waals surface area contributed by atoms with E-state index in [2.05, 4.69) is 0 Å². The molecule has 2 nitrogen and oxygen atoms in total. The maximum Gasteiger partial charge on any atom is 0.181 e. The van der Waals surface area contributed by atoms with E-state index in [4.69, 9.17) is 10.5 Å². The second kappa shape index (κ2) is 21.8. The lowest BCUT2D eigenvalue weighted by Gasteiger charge is -1.16. The Labute approximate surface area is 52.6 Å². The quantitative estimate of drug-likeness (QED) is 0.544. The van der Waals surface area contributed by atoms with Gasteiger partial charge in [-0.25, -0.2) is 0 Å². The first-order chi connectivity index (χ1) is 1.91. The van der Waals surface area contributed by atoms with E-state index in [0.29, 0.717) is 0 Å². The van der Waals surface area contributed by atoms with E-state index in [1.807, 2.05) is 0 Å². The molecule has 0 spiro atoms. The zero-order chi connectivity index (χ0) is 3.41. The van der Waals surface area contributed by atoms with E-state index in [1.54, 1.807) is 0 Å². The number of hydrogen-bond donors (Lipinski definition) is 0. The Bertz CT molecular complexity index is 66.5. The minimum atomic E-state index is 0. The molecule has 0 heterocycles. The largest absolute Gasteiger partial charge is 0.181 e. The van der Waals surface area contributed by atoms with E-state index in [9.17, 15) is 0 Å². The number of rotatable bonds is 0. The van der Waals surface area contributed by atoms with Gasteiger partial charge in [0, 0.05) is 0 Å². The summed E-state index contributed by atoms with van der Waals surface area (Å²) in [4.78, 5) is 0. The van der Waals surface area contributed by atoms with Gasteiger partial charge in [-0.15, -0.1) is 29.4 Å². The molecule has 0 aromatic heterocycles. The summed E-state index contributed by atoms with van der Waals surface area (Å²) in [5.74, 6) is 0. The highest BCUT2D eigenvalue weighted by atomic mass is 79.9. The molecule has 0 aliphatic heterocycles. The van der Waals surface area contributed by atoms with Gasteiger partial charge in [-0.3, -0.25) is 0 Å². The normalized spacial score (nSPS) is 1.67. The molecule has 6 heavy (non-hydrogen) atoms. The van der Waals surface area contributed by atoms with E-state index in [0.717, 1.165) is 0 Å². The number of nitrogens with zero attached hydrogens (tertiary/aromatic N) is 2. The van der Waals surface area contributed by atoms with Gasteiger partial charge in [0.05, 0.1) is 0 Å². The van der Waals surface area contributed by atoms with Gasteiger partial charge in [-0.05, 0) is 0 Å². The first-order valence-corrected chi connectivity index (χ1v) is 0.697. The van der Waals surface area contributed by atoms with Crippen molar-refractivity contribution < 1.29 is 0 Å². The summed E-state index contributed by atoms with van der Waals surface area (Å²) < 4.78 is 0. The van der Waals surface area contributed by atoms with Crippen molar-refractivity contribution in [3.63, 3.8) is 0 Å². The van der Waals surface area contributed by atoms with Crippen LogP contribution in [-0.2, 0) is 0 Å². The second-order valence-electron chi connectivity index (χ2n) is 0.224. The molecule has 0 radical (unpaired) electrons. The maximum absolute atomic E-state index is 7.26. The highest BCUT2D eigenvalue weighted by molar-refractivity contribution is 8.93. The molecule has 0 aliphatic rings. The smallest absolute Gasteiger partial charge is 0.181 e. The average molecular weight is 169 g/mol. The van der Waals surface area contributed by atoms with Crippen molar-refractivity contribution in [2.45, 2.75) is 0 Å². The topological polar surface area (TPSA) is 47.6 Å². The second-order valence-corrected chi connectivity index (χ2v) is 0.224. The zero-order valence-electron chi connectivity index (χ0n) is 2.71. The predicted octanol–water partition coefficient (Wildman–Crippen LogP) is 1.03. The van der Waals surface area contributed by atoms with Gasteiger partial charge >= 0.3 is 0 Å². The van der Waals surface area contributed by atoms with Crippen LogP contribution in [-0.4, -0.2) is 0 Å². The van der Waals surface area contributed by atoms with Crippen LogP contribution < -0.4 is 0 Å². The molecule has 0 saturated heterocycles. The Balaban J connectivity index is -0.0000000450. The summed E-state index contributed by atoms with van der Waals surface area (Å²) in [7, 11) is 0. The number of halogens is 2. The van der Waals surface area contributed by atoms with Gasteiger partial charge < -0.3 is 0 Å². The van der Waals surface area contributed by atoms with E-state index < -0.39 is 0 Å². The average Bonchev–Trinajstić information content (AvgIpc) is 1.37. The molecule has 0 aliphatic carbocycles. The van der Waals surface area contributed by atoms with Crippen LogP contribution in [0.4, 0.5) is 0 Å². The molecule has 0 N–H and O–H groups in total.